The summed E-state index contributed by atoms with van der Waals surface area (Å²) in [5.41, 5.74) is 1.30. The molecule has 0 fully saturated rings. The summed E-state index contributed by atoms with van der Waals surface area (Å²) in [6.07, 6.45) is 1.34. The normalized spacial score (nSPS) is 10.3. The summed E-state index contributed by atoms with van der Waals surface area (Å²) in [6.45, 7) is 0.195. The number of aromatic nitrogens is 1. The fourth-order valence-corrected chi connectivity index (χ4v) is 2.34. The van der Waals surface area contributed by atoms with E-state index < -0.39 is 17.6 Å². The number of carbonyl (C=O) groups is 2. The van der Waals surface area contributed by atoms with Crippen molar-refractivity contribution in [3.8, 4) is 0 Å². The zero-order valence-electron chi connectivity index (χ0n) is 14.1. The number of benzene rings is 2. The first-order chi connectivity index (χ1) is 13.0. The first-order valence-electron chi connectivity index (χ1n) is 8.07. The van der Waals surface area contributed by atoms with Crippen LogP contribution in [-0.4, -0.2) is 16.8 Å². The highest BCUT2D eigenvalue weighted by atomic mass is 19.1. The minimum Gasteiger partial charge on any atom is -0.347 e. The molecule has 0 aliphatic heterocycles. The zero-order valence-corrected chi connectivity index (χ0v) is 14.1. The number of rotatable bonds is 5. The third-order valence-corrected chi connectivity index (χ3v) is 3.70. The van der Waals surface area contributed by atoms with Crippen LogP contribution in [0.2, 0.25) is 0 Å². The molecule has 1 aromatic heterocycles. The molecule has 7 heteroatoms. The van der Waals surface area contributed by atoms with E-state index in [2.05, 4.69) is 15.6 Å². The first kappa shape index (κ1) is 18.2. The van der Waals surface area contributed by atoms with E-state index in [1.54, 1.807) is 18.2 Å². The molecule has 0 unspecified atom stereocenters. The van der Waals surface area contributed by atoms with E-state index in [0.717, 1.165) is 5.56 Å². The maximum atomic E-state index is 13.2. The fraction of sp³-hybridized carbons (Fsp3) is 0.0500. The monoisotopic (exact) mass is 367 g/mol. The van der Waals surface area contributed by atoms with Crippen molar-refractivity contribution in [2.24, 2.45) is 0 Å². The predicted molar refractivity (Wildman–Crippen MR) is 96.2 cm³/mol. The van der Waals surface area contributed by atoms with Gasteiger partial charge in [-0.1, -0.05) is 18.2 Å². The highest BCUT2D eigenvalue weighted by Gasteiger charge is 2.12. The van der Waals surface area contributed by atoms with Gasteiger partial charge in [0.05, 0.1) is 0 Å². The summed E-state index contributed by atoms with van der Waals surface area (Å²) in [5, 5.41) is 5.21. The lowest BCUT2D eigenvalue weighted by molar-refractivity contribution is 0.0946. The molecular weight excluding hydrogens is 352 g/mol. The Hall–Kier alpha value is -3.61. The SMILES string of the molecule is O=C(Nc1cccc(F)c1)c1ccnc(C(=O)NCc2ccc(F)cc2)c1. The molecule has 0 atom stereocenters. The van der Waals surface area contributed by atoms with E-state index in [1.807, 2.05) is 0 Å². The maximum absolute atomic E-state index is 13.2. The van der Waals surface area contributed by atoms with Crippen molar-refractivity contribution in [2.75, 3.05) is 5.32 Å². The molecule has 1 heterocycles. The topological polar surface area (TPSA) is 71.1 Å². The van der Waals surface area contributed by atoms with Crippen molar-refractivity contribution >= 4 is 17.5 Å². The molecule has 27 heavy (non-hydrogen) atoms. The Morgan fingerprint density at radius 3 is 2.41 bits per heavy atom. The van der Waals surface area contributed by atoms with E-state index in [1.165, 1.54) is 48.7 Å². The van der Waals surface area contributed by atoms with Crippen LogP contribution in [0.15, 0.2) is 66.9 Å². The molecule has 0 saturated heterocycles. The van der Waals surface area contributed by atoms with Crippen molar-refractivity contribution < 1.29 is 18.4 Å². The van der Waals surface area contributed by atoms with Crippen molar-refractivity contribution in [2.45, 2.75) is 6.54 Å². The molecule has 2 N–H and O–H groups in total. The van der Waals surface area contributed by atoms with Gasteiger partial charge >= 0.3 is 0 Å². The number of carbonyl (C=O) groups excluding carboxylic acids is 2. The summed E-state index contributed by atoms with van der Waals surface area (Å²) in [4.78, 5) is 28.5. The highest BCUT2D eigenvalue weighted by Crippen LogP contribution is 2.12. The predicted octanol–water partition coefficient (Wildman–Crippen LogP) is 3.54. The molecule has 2 amide bonds. The molecule has 3 rings (SSSR count). The molecule has 3 aromatic rings. The lowest BCUT2D eigenvalue weighted by Gasteiger charge is -2.08. The first-order valence-corrected chi connectivity index (χ1v) is 8.07. The van der Waals surface area contributed by atoms with E-state index in [0.29, 0.717) is 5.69 Å². The number of hydrogen-bond donors (Lipinski definition) is 2. The van der Waals surface area contributed by atoms with Crippen LogP contribution in [0.25, 0.3) is 0 Å². The van der Waals surface area contributed by atoms with E-state index in [9.17, 15) is 18.4 Å². The summed E-state index contributed by atoms with van der Waals surface area (Å²) in [5.74, 6) is -1.79. The van der Waals surface area contributed by atoms with Gasteiger partial charge < -0.3 is 10.6 Å². The number of nitrogens with one attached hydrogen (secondary N) is 2. The highest BCUT2D eigenvalue weighted by molar-refractivity contribution is 6.05. The summed E-state index contributed by atoms with van der Waals surface area (Å²) >= 11 is 0. The number of pyridine rings is 1. The Labute approximate surface area is 154 Å². The van der Waals surface area contributed by atoms with Crippen LogP contribution >= 0.6 is 0 Å². The molecule has 0 radical (unpaired) electrons. The molecule has 0 aliphatic rings. The van der Waals surface area contributed by atoms with Gasteiger partial charge in [-0.3, -0.25) is 14.6 Å². The average Bonchev–Trinajstić information content (AvgIpc) is 2.67. The van der Waals surface area contributed by atoms with Crippen molar-refractivity contribution in [3.63, 3.8) is 0 Å². The van der Waals surface area contributed by atoms with Crippen LogP contribution in [-0.2, 0) is 6.54 Å². The number of amides is 2. The van der Waals surface area contributed by atoms with Crippen LogP contribution in [0.1, 0.15) is 26.4 Å². The van der Waals surface area contributed by atoms with Crippen molar-refractivity contribution in [1.82, 2.24) is 10.3 Å². The zero-order chi connectivity index (χ0) is 19.2. The minimum atomic E-state index is -0.490. The number of anilines is 1. The smallest absolute Gasteiger partial charge is 0.270 e. The van der Waals surface area contributed by atoms with Crippen LogP contribution in [0, 0.1) is 11.6 Å². The van der Waals surface area contributed by atoms with E-state index >= 15 is 0 Å². The quantitative estimate of drug-likeness (QED) is 0.725. The average molecular weight is 367 g/mol. The third-order valence-electron chi connectivity index (χ3n) is 3.70. The second-order valence-electron chi connectivity index (χ2n) is 5.70. The fourth-order valence-electron chi connectivity index (χ4n) is 2.34. The van der Waals surface area contributed by atoms with Crippen LogP contribution in [0.3, 0.4) is 0 Å². The van der Waals surface area contributed by atoms with Crippen molar-refractivity contribution in [3.05, 3.63) is 95.3 Å². The third kappa shape index (κ3) is 4.94. The minimum absolute atomic E-state index is 0.0593. The number of nitrogens with zero attached hydrogens (tertiary/aromatic N) is 1. The second kappa shape index (κ2) is 8.18. The van der Waals surface area contributed by atoms with Gasteiger partial charge in [0.15, 0.2) is 0 Å². The molecule has 0 saturated carbocycles. The lowest BCUT2D eigenvalue weighted by Crippen LogP contribution is -2.24. The standard InChI is InChI=1S/C20H15F2N3O2/c21-15-6-4-13(5-7-15)12-24-20(27)18-10-14(8-9-23-18)19(26)25-17-3-1-2-16(22)11-17/h1-11H,12H2,(H,24,27)(H,25,26). The van der Waals surface area contributed by atoms with Crippen molar-refractivity contribution in [1.29, 1.82) is 0 Å². The summed E-state index contributed by atoms with van der Waals surface area (Å²) in [6, 6.07) is 14.0. The van der Waals surface area contributed by atoms with E-state index in [4.69, 9.17) is 0 Å². The molecule has 0 spiro atoms. The van der Waals surface area contributed by atoms with Gasteiger partial charge in [0.2, 0.25) is 0 Å². The van der Waals surface area contributed by atoms with Gasteiger partial charge in [-0.05, 0) is 48.0 Å². The number of halogens is 2. The molecule has 0 aliphatic carbocycles. The van der Waals surface area contributed by atoms with Gasteiger partial charge in [0.1, 0.15) is 17.3 Å². The van der Waals surface area contributed by atoms with Gasteiger partial charge in [0.25, 0.3) is 11.8 Å². The molecule has 0 bridgehead atoms. The Balaban J connectivity index is 1.66. The lowest BCUT2D eigenvalue weighted by atomic mass is 10.2. The van der Waals surface area contributed by atoms with Gasteiger partial charge in [-0.15, -0.1) is 0 Å². The van der Waals surface area contributed by atoms with Gasteiger partial charge in [-0.2, -0.15) is 0 Å². The molecule has 136 valence electrons. The van der Waals surface area contributed by atoms with Gasteiger partial charge in [-0.25, -0.2) is 8.78 Å². The number of hydrogen-bond acceptors (Lipinski definition) is 3. The molecule has 2 aromatic carbocycles. The van der Waals surface area contributed by atoms with Crippen LogP contribution in [0.5, 0.6) is 0 Å². The largest absolute Gasteiger partial charge is 0.347 e. The summed E-state index contributed by atoms with van der Waals surface area (Å²) in [7, 11) is 0. The summed E-state index contributed by atoms with van der Waals surface area (Å²) < 4.78 is 26.1. The van der Waals surface area contributed by atoms with E-state index in [-0.39, 0.29) is 23.6 Å². The Kier molecular flexibility index (Phi) is 5.51. The Morgan fingerprint density at radius 2 is 1.67 bits per heavy atom. The molecular formula is C20H15F2N3O2. The van der Waals surface area contributed by atoms with Crippen LogP contribution in [0.4, 0.5) is 14.5 Å². The molecule has 5 nitrogen and oxygen atoms in total. The maximum Gasteiger partial charge on any atom is 0.270 e. The Bertz CT molecular complexity index is 975. The second-order valence-corrected chi connectivity index (χ2v) is 5.70. The van der Waals surface area contributed by atoms with Gasteiger partial charge in [0, 0.05) is 24.0 Å². The van der Waals surface area contributed by atoms with Crippen LogP contribution < -0.4 is 10.6 Å². The Morgan fingerprint density at radius 1 is 0.889 bits per heavy atom.